The van der Waals surface area contributed by atoms with Gasteiger partial charge in [0.25, 0.3) is 0 Å². The Balaban J connectivity index is 1.39. The molecule has 8 nitrogen and oxygen atoms in total. The summed E-state index contributed by atoms with van der Waals surface area (Å²) in [6.07, 6.45) is 5.66. The van der Waals surface area contributed by atoms with Crippen molar-refractivity contribution in [3.8, 4) is 11.3 Å². The van der Waals surface area contributed by atoms with Crippen LogP contribution in [-0.4, -0.2) is 49.4 Å². The maximum atomic E-state index is 12.8. The molecule has 38 heavy (non-hydrogen) atoms. The summed E-state index contributed by atoms with van der Waals surface area (Å²) in [5, 5.41) is 5.65. The van der Waals surface area contributed by atoms with E-state index in [9.17, 15) is 9.59 Å². The fourth-order valence-corrected chi connectivity index (χ4v) is 5.19. The zero-order valence-electron chi connectivity index (χ0n) is 21.9. The van der Waals surface area contributed by atoms with E-state index in [-0.39, 0.29) is 17.7 Å². The van der Waals surface area contributed by atoms with Gasteiger partial charge in [-0.2, -0.15) is 5.10 Å². The Kier molecular flexibility index (Phi) is 7.05. The molecule has 2 N–H and O–H groups in total. The van der Waals surface area contributed by atoms with Crippen molar-refractivity contribution in [2.24, 2.45) is 0 Å². The van der Waals surface area contributed by atoms with E-state index in [1.807, 2.05) is 61.0 Å². The fraction of sp³-hybridized carbons (Fsp3) is 0.300. The van der Waals surface area contributed by atoms with E-state index in [1.54, 1.807) is 4.90 Å². The number of rotatable bonds is 7. The summed E-state index contributed by atoms with van der Waals surface area (Å²) >= 11 is 0. The van der Waals surface area contributed by atoms with Crippen LogP contribution in [0.15, 0.2) is 61.4 Å². The second kappa shape index (κ2) is 10.6. The van der Waals surface area contributed by atoms with E-state index < -0.39 is 0 Å². The number of Topliss-reactive ketones (excluding diaryl/α,β-unsaturated/α-hetero) is 1. The van der Waals surface area contributed by atoms with Crippen LogP contribution in [0.2, 0.25) is 0 Å². The van der Waals surface area contributed by atoms with Gasteiger partial charge in [-0.1, -0.05) is 48.5 Å². The molecule has 4 aromatic rings. The number of amides is 1. The molecule has 0 aliphatic carbocycles. The molecular weight excluding hydrogens is 476 g/mol. The molecule has 1 amide bonds. The van der Waals surface area contributed by atoms with E-state index >= 15 is 0 Å². The maximum Gasteiger partial charge on any atom is 0.246 e. The van der Waals surface area contributed by atoms with Crippen molar-refractivity contribution in [3.63, 3.8) is 0 Å². The first-order chi connectivity index (χ1) is 18.4. The number of ketones is 1. The second-order valence-electron chi connectivity index (χ2n) is 9.97. The van der Waals surface area contributed by atoms with E-state index in [1.165, 1.54) is 12.4 Å². The predicted octanol–water partition coefficient (Wildman–Crippen LogP) is 4.86. The molecule has 1 aliphatic rings. The molecule has 2 aromatic heterocycles. The standard InChI is InChI=1S/C30H32N6O2/c1-4-26(38)35-15-5-6-23(17-35)36-30-27(29(31)32-18-33-30)28(34-36)22-12-9-21(10-13-22)11-14-25(37)24-16-19(2)7-8-20(24)3/h4,7-10,12-13,16,18,23H,1,5-6,11,14-15,17H2,2-3H3,(H2,31,32,33)/t23-/m1/s1. The van der Waals surface area contributed by atoms with Crippen molar-refractivity contribution >= 4 is 28.5 Å². The van der Waals surface area contributed by atoms with Gasteiger partial charge in [-0.15, -0.1) is 0 Å². The van der Waals surface area contributed by atoms with Crippen LogP contribution in [0.3, 0.4) is 0 Å². The minimum absolute atomic E-state index is 0.0198. The molecule has 1 atom stereocenters. The van der Waals surface area contributed by atoms with Crippen molar-refractivity contribution in [1.29, 1.82) is 0 Å². The van der Waals surface area contributed by atoms with Crippen LogP contribution in [0.1, 0.15) is 52.4 Å². The summed E-state index contributed by atoms with van der Waals surface area (Å²) in [5.74, 6) is 0.447. The van der Waals surface area contributed by atoms with Crippen LogP contribution in [0.5, 0.6) is 0 Å². The van der Waals surface area contributed by atoms with Gasteiger partial charge in [0.1, 0.15) is 17.8 Å². The summed E-state index contributed by atoms with van der Waals surface area (Å²) in [7, 11) is 0. The van der Waals surface area contributed by atoms with Gasteiger partial charge in [-0.25, -0.2) is 14.6 Å². The van der Waals surface area contributed by atoms with E-state index in [0.717, 1.165) is 40.7 Å². The zero-order valence-corrected chi connectivity index (χ0v) is 21.9. The highest BCUT2D eigenvalue weighted by Gasteiger charge is 2.28. The van der Waals surface area contributed by atoms with Crippen LogP contribution in [-0.2, 0) is 11.2 Å². The molecule has 2 aromatic carbocycles. The lowest BCUT2D eigenvalue weighted by Crippen LogP contribution is -2.40. The topological polar surface area (TPSA) is 107 Å². The predicted molar refractivity (Wildman–Crippen MR) is 149 cm³/mol. The number of nitrogens with zero attached hydrogens (tertiary/aromatic N) is 5. The van der Waals surface area contributed by atoms with Crippen molar-refractivity contribution in [2.75, 3.05) is 18.8 Å². The summed E-state index contributed by atoms with van der Waals surface area (Å²) in [5.41, 5.74) is 12.5. The Bertz CT molecular complexity index is 1520. The van der Waals surface area contributed by atoms with Gasteiger partial charge in [0.05, 0.1) is 11.4 Å². The van der Waals surface area contributed by atoms with Crippen LogP contribution < -0.4 is 5.73 Å². The third-order valence-corrected chi connectivity index (χ3v) is 7.31. The number of anilines is 1. The summed E-state index contributed by atoms with van der Waals surface area (Å²) in [6, 6.07) is 14.0. The Morgan fingerprint density at radius 1 is 1.13 bits per heavy atom. The maximum absolute atomic E-state index is 12.8. The third kappa shape index (κ3) is 4.94. The van der Waals surface area contributed by atoms with Gasteiger partial charge < -0.3 is 10.6 Å². The van der Waals surface area contributed by atoms with Crippen molar-refractivity contribution in [3.05, 3.63) is 83.7 Å². The van der Waals surface area contributed by atoms with E-state index in [4.69, 9.17) is 10.8 Å². The Labute approximate surface area is 222 Å². The lowest BCUT2D eigenvalue weighted by atomic mass is 9.97. The summed E-state index contributed by atoms with van der Waals surface area (Å²) < 4.78 is 1.89. The molecule has 194 valence electrons. The van der Waals surface area contributed by atoms with Gasteiger partial charge >= 0.3 is 0 Å². The number of aryl methyl sites for hydroxylation is 3. The Hall–Kier alpha value is -4.33. The van der Waals surface area contributed by atoms with Crippen LogP contribution >= 0.6 is 0 Å². The van der Waals surface area contributed by atoms with Gasteiger partial charge in [0.2, 0.25) is 5.91 Å². The molecular formula is C30H32N6O2. The first kappa shape index (κ1) is 25.3. The first-order valence-electron chi connectivity index (χ1n) is 13.0. The minimum atomic E-state index is -0.0767. The van der Waals surface area contributed by atoms with Crippen LogP contribution in [0, 0.1) is 13.8 Å². The van der Waals surface area contributed by atoms with Crippen molar-refractivity contribution in [1.82, 2.24) is 24.6 Å². The summed E-state index contributed by atoms with van der Waals surface area (Å²) in [4.78, 5) is 35.6. The lowest BCUT2D eigenvalue weighted by Gasteiger charge is -2.32. The highest BCUT2D eigenvalue weighted by Crippen LogP contribution is 2.34. The SMILES string of the molecule is C=CC(=O)N1CCC[C@@H](n2nc(-c3ccc(CCC(=O)c4cc(C)ccc4C)cc3)c3c(N)ncnc32)C1. The van der Waals surface area contributed by atoms with Crippen LogP contribution in [0.4, 0.5) is 5.82 Å². The monoisotopic (exact) mass is 508 g/mol. The molecule has 5 rings (SSSR count). The Morgan fingerprint density at radius 2 is 1.92 bits per heavy atom. The van der Waals surface area contributed by atoms with Crippen molar-refractivity contribution in [2.45, 2.75) is 45.6 Å². The molecule has 3 heterocycles. The molecule has 0 radical (unpaired) electrons. The van der Waals surface area contributed by atoms with Gasteiger partial charge in [0, 0.05) is 30.6 Å². The number of nitrogen functional groups attached to an aromatic ring is 1. The van der Waals surface area contributed by atoms with Crippen LogP contribution in [0.25, 0.3) is 22.3 Å². The van der Waals surface area contributed by atoms with E-state index in [2.05, 4.69) is 16.5 Å². The highest BCUT2D eigenvalue weighted by molar-refractivity contribution is 5.99. The largest absolute Gasteiger partial charge is 0.383 e. The quantitative estimate of drug-likeness (QED) is 0.282. The van der Waals surface area contributed by atoms with Gasteiger partial charge in [-0.3, -0.25) is 9.59 Å². The van der Waals surface area contributed by atoms with Crippen molar-refractivity contribution < 1.29 is 9.59 Å². The molecule has 1 aliphatic heterocycles. The fourth-order valence-electron chi connectivity index (χ4n) is 5.19. The molecule has 8 heteroatoms. The number of hydrogen-bond acceptors (Lipinski definition) is 6. The lowest BCUT2D eigenvalue weighted by molar-refractivity contribution is -0.127. The molecule has 0 saturated carbocycles. The number of carbonyl (C=O) groups is 2. The number of nitrogens with two attached hydrogens (primary N) is 1. The number of likely N-dealkylation sites (tertiary alicyclic amines) is 1. The molecule has 0 spiro atoms. The van der Waals surface area contributed by atoms with Gasteiger partial charge in [0.15, 0.2) is 11.4 Å². The second-order valence-corrected chi connectivity index (χ2v) is 9.97. The highest BCUT2D eigenvalue weighted by atomic mass is 16.2. The normalized spacial score (nSPS) is 15.5. The average molecular weight is 509 g/mol. The number of piperidine rings is 1. The molecule has 0 bridgehead atoms. The third-order valence-electron chi connectivity index (χ3n) is 7.31. The van der Waals surface area contributed by atoms with Gasteiger partial charge in [-0.05, 0) is 56.4 Å². The number of carbonyl (C=O) groups excluding carboxylic acids is 2. The number of aromatic nitrogens is 4. The minimum Gasteiger partial charge on any atom is -0.383 e. The number of benzene rings is 2. The zero-order chi connectivity index (χ0) is 26.8. The van der Waals surface area contributed by atoms with E-state index in [0.29, 0.717) is 48.5 Å². The number of hydrogen-bond donors (Lipinski definition) is 1. The Morgan fingerprint density at radius 3 is 2.68 bits per heavy atom. The smallest absolute Gasteiger partial charge is 0.246 e. The number of fused-ring (bicyclic) bond motifs is 1. The first-order valence-corrected chi connectivity index (χ1v) is 13.0. The summed E-state index contributed by atoms with van der Waals surface area (Å²) in [6.45, 7) is 8.85. The molecule has 1 saturated heterocycles. The molecule has 0 unspecified atom stereocenters. The molecule has 1 fully saturated rings. The average Bonchev–Trinajstić information content (AvgIpc) is 3.34.